The van der Waals surface area contributed by atoms with Gasteiger partial charge in [-0.15, -0.1) is 0 Å². The molecule has 4 nitrogen and oxygen atoms in total. The highest BCUT2D eigenvalue weighted by Crippen LogP contribution is 2.18. The number of hydrogen-bond donors (Lipinski definition) is 1. The van der Waals surface area contributed by atoms with E-state index in [4.69, 9.17) is 16.3 Å². The topological polar surface area (TPSA) is 51.2 Å². The normalized spacial score (nSPS) is 12.2. The average Bonchev–Trinajstić information content (AvgIpc) is 2.85. The summed E-state index contributed by atoms with van der Waals surface area (Å²) in [6.45, 7) is 2.21. The van der Waals surface area contributed by atoms with Crippen LogP contribution in [0.25, 0.3) is 0 Å². The summed E-state index contributed by atoms with van der Waals surface area (Å²) in [6, 6.07) is 7.13. The molecule has 0 aliphatic carbocycles. The van der Waals surface area contributed by atoms with E-state index in [1.807, 2.05) is 19.1 Å². The lowest BCUT2D eigenvalue weighted by Gasteiger charge is -2.18. The first-order valence-corrected chi connectivity index (χ1v) is 7.29. The zero-order chi connectivity index (χ0) is 14.5. The molecular formula is C14H15ClN2O2S. The summed E-state index contributed by atoms with van der Waals surface area (Å²) < 4.78 is 9.28. The van der Waals surface area contributed by atoms with Crippen LogP contribution in [0.3, 0.4) is 0 Å². The molecule has 1 aromatic carbocycles. The number of halogens is 1. The van der Waals surface area contributed by atoms with E-state index >= 15 is 0 Å². The number of amides is 1. The van der Waals surface area contributed by atoms with Crippen molar-refractivity contribution in [1.29, 1.82) is 0 Å². The minimum Gasteiger partial charge on any atom is -0.382 e. The van der Waals surface area contributed by atoms with E-state index in [-0.39, 0.29) is 11.9 Å². The lowest BCUT2D eigenvalue weighted by molar-refractivity contribution is 0.0896. The van der Waals surface area contributed by atoms with Gasteiger partial charge in [-0.25, -0.2) is 0 Å². The number of carbonyl (C=O) groups is 1. The second-order valence-electron chi connectivity index (χ2n) is 4.35. The van der Waals surface area contributed by atoms with Gasteiger partial charge in [-0.2, -0.15) is 4.37 Å². The zero-order valence-corrected chi connectivity index (χ0v) is 12.8. The lowest BCUT2D eigenvalue weighted by Crippen LogP contribution is -2.31. The third-order valence-electron chi connectivity index (χ3n) is 2.91. The number of nitrogens with one attached hydrogen (secondary N) is 1. The molecule has 1 amide bonds. The fraction of sp³-hybridized carbons (Fsp3) is 0.286. The van der Waals surface area contributed by atoms with E-state index in [1.54, 1.807) is 24.6 Å². The molecule has 20 heavy (non-hydrogen) atoms. The van der Waals surface area contributed by atoms with Gasteiger partial charge in [-0.05, 0) is 36.2 Å². The average molecular weight is 311 g/mol. The van der Waals surface area contributed by atoms with Crippen molar-refractivity contribution in [3.8, 4) is 0 Å². The predicted molar refractivity (Wildman–Crippen MR) is 80.4 cm³/mol. The number of ether oxygens (including phenoxy) is 1. The summed E-state index contributed by atoms with van der Waals surface area (Å²) in [5.74, 6) is -0.145. The van der Waals surface area contributed by atoms with Crippen molar-refractivity contribution in [3.05, 3.63) is 51.5 Å². The lowest BCUT2D eigenvalue weighted by atomic mass is 10.1. The standard InChI is InChI=1S/C14H15ClN2O2S/c1-9-12(8-20-17-9)14(18)16-13(7-19-2)10-3-5-11(15)6-4-10/h3-6,8,13H,7H2,1-2H3,(H,16,18)/t13-/m0/s1. The molecule has 6 heteroatoms. The highest BCUT2D eigenvalue weighted by atomic mass is 35.5. The summed E-state index contributed by atoms with van der Waals surface area (Å²) in [5, 5.41) is 5.36. The largest absolute Gasteiger partial charge is 0.382 e. The SMILES string of the molecule is COC[C@H](NC(=O)c1csnc1C)c1ccc(Cl)cc1. The number of aryl methyl sites for hydroxylation is 1. The molecule has 0 fully saturated rings. The Morgan fingerprint density at radius 1 is 1.45 bits per heavy atom. The monoisotopic (exact) mass is 310 g/mol. The summed E-state index contributed by atoms with van der Waals surface area (Å²) in [7, 11) is 1.60. The molecule has 0 aliphatic rings. The Morgan fingerprint density at radius 3 is 2.70 bits per heavy atom. The van der Waals surface area contributed by atoms with E-state index in [1.165, 1.54) is 11.5 Å². The maximum Gasteiger partial charge on any atom is 0.254 e. The molecule has 0 spiro atoms. The van der Waals surface area contributed by atoms with E-state index in [2.05, 4.69) is 9.69 Å². The third-order valence-corrected chi connectivity index (χ3v) is 3.88. The maximum absolute atomic E-state index is 12.2. The van der Waals surface area contributed by atoms with Gasteiger partial charge in [0.2, 0.25) is 0 Å². The molecular weight excluding hydrogens is 296 g/mol. The Hall–Kier alpha value is -1.43. The van der Waals surface area contributed by atoms with Crippen LogP contribution in [-0.4, -0.2) is 24.0 Å². The highest BCUT2D eigenvalue weighted by Gasteiger charge is 2.18. The van der Waals surface area contributed by atoms with Gasteiger partial charge in [0.25, 0.3) is 5.91 Å². The molecule has 0 bridgehead atoms. The van der Waals surface area contributed by atoms with Crippen LogP contribution in [0.2, 0.25) is 5.02 Å². The molecule has 0 aliphatic heterocycles. The summed E-state index contributed by atoms with van der Waals surface area (Å²) in [6.07, 6.45) is 0. The van der Waals surface area contributed by atoms with E-state index in [0.29, 0.717) is 17.2 Å². The molecule has 1 N–H and O–H groups in total. The Balaban J connectivity index is 2.15. The van der Waals surface area contributed by atoms with Gasteiger partial charge in [-0.3, -0.25) is 4.79 Å². The fourth-order valence-corrected chi connectivity index (χ4v) is 2.65. The van der Waals surface area contributed by atoms with Crippen LogP contribution in [0.5, 0.6) is 0 Å². The fourth-order valence-electron chi connectivity index (χ4n) is 1.83. The zero-order valence-electron chi connectivity index (χ0n) is 11.2. The molecule has 0 saturated heterocycles. The van der Waals surface area contributed by atoms with Gasteiger partial charge in [0.05, 0.1) is 23.9 Å². The van der Waals surface area contributed by atoms with Gasteiger partial charge < -0.3 is 10.1 Å². The number of rotatable bonds is 5. The Labute approximate surface area is 126 Å². The molecule has 1 aromatic heterocycles. The maximum atomic E-state index is 12.2. The van der Waals surface area contributed by atoms with Crippen LogP contribution >= 0.6 is 23.1 Å². The van der Waals surface area contributed by atoms with Crippen molar-refractivity contribution in [2.24, 2.45) is 0 Å². The van der Waals surface area contributed by atoms with Gasteiger partial charge >= 0.3 is 0 Å². The van der Waals surface area contributed by atoms with E-state index in [9.17, 15) is 4.79 Å². The molecule has 2 rings (SSSR count). The first kappa shape index (κ1) is 15.0. The number of benzene rings is 1. The van der Waals surface area contributed by atoms with Crippen LogP contribution in [0.15, 0.2) is 29.6 Å². The third kappa shape index (κ3) is 3.56. The van der Waals surface area contributed by atoms with Gasteiger partial charge in [0.15, 0.2) is 0 Å². The van der Waals surface area contributed by atoms with Gasteiger partial charge in [0, 0.05) is 17.5 Å². The van der Waals surface area contributed by atoms with Crippen molar-refractivity contribution in [2.75, 3.05) is 13.7 Å². The molecule has 0 saturated carbocycles. The second kappa shape index (κ2) is 6.83. The smallest absolute Gasteiger partial charge is 0.254 e. The number of methoxy groups -OCH3 is 1. The second-order valence-corrected chi connectivity index (χ2v) is 5.41. The number of carbonyl (C=O) groups excluding carboxylic acids is 1. The molecule has 0 unspecified atom stereocenters. The molecule has 1 heterocycles. The van der Waals surface area contributed by atoms with Crippen LogP contribution in [0, 0.1) is 6.92 Å². The molecule has 1 atom stereocenters. The van der Waals surface area contributed by atoms with Gasteiger partial charge in [0.1, 0.15) is 0 Å². The van der Waals surface area contributed by atoms with Crippen LogP contribution in [-0.2, 0) is 4.74 Å². The van der Waals surface area contributed by atoms with Crippen molar-refractivity contribution in [3.63, 3.8) is 0 Å². The van der Waals surface area contributed by atoms with Crippen molar-refractivity contribution in [2.45, 2.75) is 13.0 Å². The summed E-state index contributed by atoms with van der Waals surface area (Å²) in [4.78, 5) is 12.2. The number of aromatic nitrogens is 1. The van der Waals surface area contributed by atoms with Crippen LogP contribution in [0.4, 0.5) is 0 Å². The first-order valence-electron chi connectivity index (χ1n) is 6.08. The van der Waals surface area contributed by atoms with Crippen LogP contribution in [0.1, 0.15) is 27.7 Å². The Bertz CT molecular complexity index is 583. The Morgan fingerprint density at radius 2 is 2.15 bits per heavy atom. The van der Waals surface area contributed by atoms with Crippen molar-refractivity contribution in [1.82, 2.24) is 9.69 Å². The summed E-state index contributed by atoms with van der Waals surface area (Å²) >= 11 is 7.15. The van der Waals surface area contributed by atoms with E-state index in [0.717, 1.165) is 11.3 Å². The number of nitrogens with zero attached hydrogens (tertiary/aromatic N) is 1. The Kier molecular flexibility index (Phi) is 5.11. The van der Waals surface area contributed by atoms with Crippen molar-refractivity contribution < 1.29 is 9.53 Å². The number of hydrogen-bond acceptors (Lipinski definition) is 4. The minimum absolute atomic E-state index is 0.145. The minimum atomic E-state index is -0.218. The highest BCUT2D eigenvalue weighted by molar-refractivity contribution is 7.03. The predicted octanol–water partition coefficient (Wildman–Crippen LogP) is 3.22. The van der Waals surface area contributed by atoms with Crippen LogP contribution < -0.4 is 5.32 Å². The van der Waals surface area contributed by atoms with E-state index < -0.39 is 0 Å². The van der Waals surface area contributed by atoms with Crippen molar-refractivity contribution >= 4 is 29.0 Å². The van der Waals surface area contributed by atoms with Gasteiger partial charge in [-0.1, -0.05) is 23.7 Å². The summed E-state index contributed by atoms with van der Waals surface area (Å²) in [5.41, 5.74) is 2.29. The quantitative estimate of drug-likeness (QED) is 0.922. The first-order chi connectivity index (χ1) is 9.61. The molecule has 106 valence electrons. The molecule has 0 radical (unpaired) electrons. The molecule has 2 aromatic rings.